The lowest BCUT2D eigenvalue weighted by molar-refractivity contribution is 0.0695. The van der Waals surface area contributed by atoms with Gasteiger partial charge in [0.2, 0.25) is 5.43 Å². The number of hydrogen-bond donors (Lipinski definition) is 2. The highest BCUT2D eigenvalue weighted by atomic mass is 16.5. The number of ether oxygens (including phenoxy) is 1. The van der Waals surface area contributed by atoms with Crippen molar-refractivity contribution in [2.45, 2.75) is 31.7 Å². The Morgan fingerprint density at radius 1 is 1.29 bits per heavy atom. The van der Waals surface area contributed by atoms with Gasteiger partial charge >= 0.3 is 5.97 Å². The van der Waals surface area contributed by atoms with Gasteiger partial charge in [-0.05, 0) is 43.4 Å². The summed E-state index contributed by atoms with van der Waals surface area (Å²) >= 11 is 0. The molecule has 0 bridgehead atoms. The van der Waals surface area contributed by atoms with Crippen LogP contribution in [-0.2, 0) is 11.2 Å². The largest absolute Gasteiger partial charge is 0.477 e. The number of fused-ring (bicyclic) bond motifs is 1. The summed E-state index contributed by atoms with van der Waals surface area (Å²) in [5.41, 5.74) is 1.19. The average Bonchev–Trinajstić information content (AvgIpc) is 3.40. The third kappa shape index (κ3) is 3.49. The van der Waals surface area contributed by atoms with Crippen LogP contribution >= 0.6 is 0 Å². The number of carbonyl (C=O) groups is 1. The van der Waals surface area contributed by atoms with E-state index in [9.17, 15) is 14.7 Å². The van der Waals surface area contributed by atoms with Crippen molar-refractivity contribution < 1.29 is 19.7 Å². The Morgan fingerprint density at radius 3 is 2.75 bits per heavy atom. The monoisotopic (exact) mass is 331 g/mol. The van der Waals surface area contributed by atoms with E-state index in [0.29, 0.717) is 24.6 Å². The maximum Gasteiger partial charge on any atom is 0.341 e. The van der Waals surface area contributed by atoms with Gasteiger partial charge in [-0.15, -0.1) is 0 Å². The molecule has 1 aliphatic carbocycles. The molecule has 0 radical (unpaired) electrons. The first kappa shape index (κ1) is 16.7. The third-order valence-corrected chi connectivity index (χ3v) is 4.26. The fraction of sp³-hybridized carbons (Fsp3) is 0.444. The Bertz CT molecular complexity index is 807. The molecular weight excluding hydrogens is 310 g/mol. The number of aliphatic hydroxyl groups excluding tert-OH is 1. The molecular formula is C18H21NO5. The fourth-order valence-electron chi connectivity index (χ4n) is 2.91. The zero-order valence-electron chi connectivity index (χ0n) is 13.4. The molecule has 1 heterocycles. The molecule has 128 valence electrons. The van der Waals surface area contributed by atoms with E-state index < -0.39 is 11.4 Å². The number of carboxylic acid groups (broad SMARTS) is 1. The van der Waals surface area contributed by atoms with Gasteiger partial charge in [0, 0.05) is 24.2 Å². The standard InChI is InChI=1S/C18H21NO5/c20-7-9-24-8-1-2-12-3-6-16-14(10-12)17(21)15(18(22)23)11-19(16)13-4-5-13/h3,6,10-11,13,20H,1-2,4-5,7-9H2,(H,22,23). The number of aliphatic hydroxyl groups is 1. The Labute approximate surface area is 139 Å². The van der Waals surface area contributed by atoms with Gasteiger partial charge in [0.05, 0.1) is 18.7 Å². The lowest BCUT2D eigenvalue weighted by Crippen LogP contribution is -2.18. The fourth-order valence-corrected chi connectivity index (χ4v) is 2.91. The normalized spacial score (nSPS) is 14.2. The third-order valence-electron chi connectivity index (χ3n) is 4.26. The van der Waals surface area contributed by atoms with Crippen LogP contribution < -0.4 is 5.43 Å². The van der Waals surface area contributed by atoms with Crippen molar-refractivity contribution in [2.24, 2.45) is 0 Å². The van der Waals surface area contributed by atoms with E-state index in [1.54, 1.807) is 6.07 Å². The van der Waals surface area contributed by atoms with E-state index in [4.69, 9.17) is 9.84 Å². The summed E-state index contributed by atoms with van der Waals surface area (Å²) in [5, 5.41) is 18.4. The summed E-state index contributed by atoms with van der Waals surface area (Å²) < 4.78 is 7.16. The molecule has 6 nitrogen and oxygen atoms in total. The molecule has 0 unspecified atom stereocenters. The van der Waals surface area contributed by atoms with E-state index in [2.05, 4.69) is 0 Å². The van der Waals surface area contributed by atoms with Gasteiger partial charge < -0.3 is 19.5 Å². The zero-order chi connectivity index (χ0) is 17.1. The number of aromatic carboxylic acids is 1. The van der Waals surface area contributed by atoms with Crippen LogP contribution in [0.2, 0.25) is 0 Å². The lowest BCUT2D eigenvalue weighted by atomic mass is 10.0. The number of aryl methyl sites for hydroxylation is 1. The van der Waals surface area contributed by atoms with Crippen molar-refractivity contribution in [1.82, 2.24) is 4.57 Å². The molecule has 24 heavy (non-hydrogen) atoms. The van der Waals surface area contributed by atoms with Crippen LogP contribution in [0.5, 0.6) is 0 Å². The molecule has 2 aromatic rings. The van der Waals surface area contributed by atoms with Crippen molar-refractivity contribution in [3.63, 3.8) is 0 Å². The van der Waals surface area contributed by atoms with Crippen LogP contribution in [0.4, 0.5) is 0 Å². The highest BCUT2D eigenvalue weighted by Gasteiger charge is 2.26. The number of hydrogen-bond acceptors (Lipinski definition) is 4. The van der Waals surface area contributed by atoms with Crippen molar-refractivity contribution >= 4 is 16.9 Å². The molecule has 0 amide bonds. The van der Waals surface area contributed by atoms with Crippen LogP contribution in [0.15, 0.2) is 29.2 Å². The van der Waals surface area contributed by atoms with Crippen LogP contribution in [0, 0.1) is 0 Å². The van der Waals surface area contributed by atoms with Crippen molar-refractivity contribution in [1.29, 1.82) is 0 Å². The molecule has 0 saturated heterocycles. The van der Waals surface area contributed by atoms with Crippen LogP contribution in [0.25, 0.3) is 10.9 Å². The molecule has 1 saturated carbocycles. The molecule has 3 rings (SSSR count). The summed E-state index contributed by atoms with van der Waals surface area (Å²) in [4.78, 5) is 23.9. The van der Waals surface area contributed by atoms with E-state index in [-0.39, 0.29) is 12.2 Å². The number of nitrogens with zero attached hydrogens (tertiary/aromatic N) is 1. The molecule has 0 spiro atoms. The van der Waals surface area contributed by atoms with Crippen molar-refractivity contribution in [3.05, 3.63) is 45.7 Å². The van der Waals surface area contributed by atoms with Crippen molar-refractivity contribution in [3.8, 4) is 0 Å². The number of pyridine rings is 1. The summed E-state index contributed by atoms with van der Waals surface area (Å²) in [5.74, 6) is -1.18. The highest BCUT2D eigenvalue weighted by molar-refractivity contribution is 5.92. The minimum absolute atomic E-state index is 0.00858. The van der Waals surface area contributed by atoms with E-state index in [1.165, 1.54) is 6.20 Å². The first-order valence-corrected chi connectivity index (χ1v) is 8.21. The van der Waals surface area contributed by atoms with Crippen LogP contribution in [0.3, 0.4) is 0 Å². The molecule has 2 N–H and O–H groups in total. The Kier molecular flexibility index (Phi) is 4.97. The second kappa shape index (κ2) is 7.15. The zero-order valence-corrected chi connectivity index (χ0v) is 13.4. The number of benzene rings is 1. The van der Waals surface area contributed by atoms with E-state index in [0.717, 1.165) is 36.8 Å². The van der Waals surface area contributed by atoms with Gasteiger partial charge in [-0.1, -0.05) is 6.07 Å². The first-order valence-electron chi connectivity index (χ1n) is 8.21. The summed E-state index contributed by atoms with van der Waals surface area (Å²) in [6.07, 6.45) is 5.03. The lowest BCUT2D eigenvalue weighted by Gasteiger charge is -2.12. The smallest absolute Gasteiger partial charge is 0.341 e. The molecule has 0 aliphatic heterocycles. The average molecular weight is 331 g/mol. The minimum Gasteiger partial charge on any atom is -0.477 e. The molecule has 6 heteroatoms. The Balaban J connectivity index is 1.91. The van der Waals surface area contributed by atoms with Crippen molar-refractivity contribution in [2.75, 3.05) is 19.8 Å². The number of aromatic nitrogens is 1. The first-order chi connectivity index (χ1) is 11.6. The van der Waals surface area contributed by atoms with Crippen LogP contribution in [0.1, 0.15) is 41.2 Å². The maximum atomic E-state index is 12.5. The SMILES string of the molecule is O=C(O)c1cn(C2CC2)c2ccc(CCCOCCO)cc2c1=O. The van der Waals surface area contributed by atoms with Gasteiger partial charge in [-0.25, -0.2) is 4.79 Å². The predicted molar refractivity (Wildman–Crippen MR) is 89.7 cm³/mol. The molecule has 1 aromatic carbocycles. The Hall–Kier alpha value is -2.18. The summed E-state index contributed by atoms with van der Waals surface area (Å²) in [6, 6.07) is 5.98. The van der Waals surface area contributed by atoms with Crippen LogP contribution in [-0.4, -0.2) is 40.6 Å². The molecule has 1 aliphatic rings. The van der Waals surface area contributed by atoms with Gasteiger partial charge in [-0.2, -0.15) is 0 Å². The van der Waals surface area contributed by atoms with Gasteiger partial charge in [0.1, 0.15) is 5.56 Å². The molecule has 1 fully saturated rings. The second-order valence-corrected chi connectivity index (χ2v) is 6.11. The number of rotatable bonds is 8. The Morgan fingerprint density at radius 2 is 2.08 bits per heavy atom. The highest BCUT2D eigenvalue weighted by Crippen LogP contribution is 2.37. The predicted octanol–water partition coefficient (Wildman–Crippen LogP) is 1.98. The topological polar surface area (TPSA) is 88.8 Å². The molecule has 0 atom stereocenters. The second-order valence-electron chi connectivity index (χ2n) is 6.11. The van der Waals surface area contributed by atoms with Gasteiger partial charge in [0.25, 0.3) is 0 Å². The van der Waals surface area contributed by atoms with E-state index >= 15 is 0 Å². The number of carboxylic acids is 1. The van der Waals surface area contributed by atoms with Gasteiger partial charge in [-0.3, -0.25) is 4.79 Å². The maximum absolute atomic E-state index is 12.5. The summed E-state index contributed by atoms with van der Waals surface area (Å²) in [7, 11) is 0. The van der Waals surface area contributed by atoms with E-state index in [1.807, 2.05) is 16.7 Å². The summed E-state index contributed by atoms with van der Waals surface area (Å²) in [6.45, 7) is 0.876. The van der Waals surface area contributed by atoms with Gasteiger partial charge in [0.15, 0.2) is 0 Å². The quantitative estimate of drug-likeness (QED) is 0.722. The minimum atomic E-state index is -1.18. The molecule has 1 aromatic heterocycles.